The second-order valence-electron chi connectivity index (χ2n) is 7.52. The van der Waals surface area contributed by atoms with Gasteiger partial charge >= 0.3 is 5.97 Å². The zero-order chi connectivity index (χ0) is 19.0. The summed E-state index contributed by atoms with van der Waals surface area (Å²) in [5.74, 6) is -1.24. The van der Waals surface area contributed by atoms with Gasteiger partial charge in [0.05, 0.1) is 5.41 Å². The van der Waals surface area contributed by atoms with E-state index in [0.29, 0.717) is 12.8 Å². The molecule has 1 amide bonds. The smallest absolute Gasteiger partial charge is 0.314 e. The van der Waals surface area contributed by atoms with Crippen molar-refractivity contribution in [1.29, 1.82) is 0 Å². The third-order valence-corrected chi connectivity index (χ3v) is 8.15. The largest absolute Gasteiger partial charge is 0.481 e. The number of carboxylic acids is 1. The number of carbonyl (C=O) groups is 2. The Bertz CT molecular complexity index is 788. The van der Waals surface area contributed by atoms with Gasteiger partial charge in [0.1, 0.15) is 0 Å². The van der Waals surface area contributed by atoms with Crippen LogP contribution in [0.25, 0.3) is 0 Å². The van der Waals surface area contributed by atoms with E-state index in [-0.39, 0.29) is 31.8 Å². The molecule has 0 spiro atoms. The van der Waals surface area contributed by atoms with Crippen molar-refractivity contribution in [2.24, 2.45) is 0 Å². The molecule has 0 atom stereocenters. The van der Waals surface area contributed by atoms with Gasteiger partial charge in [-0.25, -0.2) is 8.42 Å². The highest BCUT2D eigenvalue weighted by molar-refractivity contribution is 7.92. The van der Waals surface area contributed by atoms with E-state index in [0.717, 1.165) is 24.7 Å². The standard InChI is InChI=1S/C19H25NO5S/c1-26(24,25)19(9-5-6-10-19)16(21)20-13-11-18(12-14-20,17(22)23)15-7-3-2-4-8-15/h2-4,7-8H,5-6,9-14H2,1H3,(H,22,23). The molecule has 7 heteroatoms. The predicted octanol–water partition coefficient (Wildman–Crippen LogP) is 1.99. The van der Waals surface area contributed by atoms with E-state index in [1.165, 1.54) is 0 Å². The van der Waals surface area contributed by atoms with Gasteiger partial charge in [0.25, 0.3) is 0 Å². The van der Waals surface area contributed by atoms with Gasteiger partial charge in [-0.1, -0.05) is 43.2 Å². The van der Waals surface area contributed by atoms with E-state index in [1.807, 2.05) is 18.2 Å². The van der Waals surface area contributed by atoms with Gasteiger partial charge in [-0.15, -0.1) is 0 Å². The Balaban J connectivity index is 1.83. The Kier molecular flexibility index (Phi) is 4.86. The van der Waals surface area contributed by atoms with Crippen LogP contribution in [0, 0.1) is 0 Å². The second kappa shape index (κ2) is 6.68. The summed E-state index contributed by atoms with van der Waals surface area (Å²) in [6.45, 7) is 0.522. The van der Waals surface area contributed by atoms with Gasteiger partial charge in [0, 0.05) is 19.3 Å². The minimum Gasteiger partial charge on any atom is -0.481 e. The number of likely N-dealkylation sites (tertiary alicyclic amines) is 1. The summed E-state index contributed by atoms with van der Waals surface area (Å²) in [6, 6.07) is 9.08. The first-order valence-electron chi connectivity index (χ1n) is 9.01. The number of piperidine rings is 1. The van der Waals surface area contributed by atoms with Gasteiger partial charge in [-0.3, -0.25) is 9.59 Å². The third kappa shape index (κ3) is 2.92. The number of rotatable bonds is 4. The molecule has 3 rings (SSSR count). The summed E-state index contributed by atoms with van der Waals surface area (Å²) < 4.78 is 23.4. The Morgan fingerprint density at radius 2 is 1.54 bits per heavy atom. The number of hydrogen-bond acceptors (Lipinski definition) is 4. The summed E-state index contributed by atoms with van der Waals surface area (Å²) in [4.78, 5) is 26.7. The maximum Gasteiger partial charge on any atom is 0.314 e. The molecule has 1 heterocycles. The van der Waals surface area contributed by atoms with Gasteiger partial charge < -0.3 is 10.0 Å². The molecule has 0 aromatic heterocycles. The molecule has 2 aliphatic rings. The number of benzene rings is 1. The van der Waals surface area contributed by atoms with Crippen LogP contribution in [0.2, 0.25) is 0 Å². The number of amides is 1. The maximum atomic E-state index is 13.1. The summed E-state index contributed by atoms with van der Waals surface area (Å²) in [5.41, 5.74) is -0.287. The van der Waals surface area contributed by atoms with Crippen molar-refractivity contribution in [3.63, 3.8) is 0 Å². The lowest BCUT2D eigenvalue weighted by molar-refractivity contribution is -0.148. The molecule has 1 aromatic carbocycles. The number of carbonyl (C=O) groups excluding carboxylic acids is 1. The number of sulfone groups is 1. The van der Waals surface area contributed by atoms with Crippen molar-refractivity contribution in [2.75, 3.05) is 19.3 Å². The van der Waals surface area contributed by atoms with Crippen molar-refractivity contribution in [2.45, 2.75) is 48.7 Å². The van der Waals surface area contributed by atoms with Crippen molar-refractivity contribution < 1.29 is 23.1 Å². The van der Waals surface area contributed by atoms with Crippen LogP contribution in [-0.4, -0.2) is 54.4 Å². The molecule has 1 aliphatic heterocycles. The fourth-order valence-corrected chi connectivity index (χ4v) is 5.93. The van der Waals surface area contributed by atoms with Crippen LogP contribution in [0.15, 0.2) is 30.3 Å². The molecule has 1 N–H and O–H groups in total. The van der Waals surface area contributed by atoms with Crippen LogP contribution >= 0.6 is 0 Å². The van der Waals surface area contributed by atoms with Crippen LogP contribution in [0.5, 0.6) is 0 Å². The Hall–Kier alpha value is -1.89. The lowest BCUT2D eigenvalue weighted by Crippen LogP contribution is -2.56. The van der Waals surface area contributed by atoms with Gasteiger partial charge in [0.15, 0.2) is 14.6 Å². The normalized spacial score (nSPS) is 22.1. The van der Waals surface area contributed by atoms with E-state index in [2.05, 4.69) is 0 Å². The van der Waals surface area contributed by atoms with Crippen molar-refractivity contribution in [3.05, 3.63) is 35.9 Å². The highest BCUT2D eigenvalue weighted by Crippen LogP contribution is 2.41. The molecule has 6 nitrogen and oxygen atoms in total. The maximum absolute atomic E-state index is 13.1. The highest BCUT2D eigenvalue weighted by Gasteiger charge is 2.53. The summed E-state index contributed by atoms with van der Waals surface area (Å²) >= 11 is 0. The summed E-state index contributed by atoms with van der Waals surface area (Å²) in [5, 5.41) is 9.86. The first-order valence-corrected chi connectivity index (χ1v) is 10.9. The molecule has 2 fully saturated rings. The Labute approximate surface area is 154 Å². The van der Waals surface area contributed by atoms with E-state index in [9.17, 15) is 23.1 Å². The molecular formula is C19H25NO5S. The monoisotopic (exact) mass is 379 g/mol. The summed E-state index contributed by atoms with van der Waals surface area (Å²) in [6.07, 6.45) is 3.92. The average molecular weight is 379 g/mol. The van der Waals surface area contributed by atoms with E-state index in [4.69, 9.17) is 0 Å². The molecule has 0 radical (unpaired) electrons. The summed E-state index contributed by atoms with van der Waals surface area (Å²) in [7, 11) is -3.52. The molecule has 1 saturated carbocycles. The molecule has 26 heavy (non-hydrogen) atoms. The van der Waals surface area contributed by atoms with E-state index < -0.39 is 26.0 Å². The fraction of sp³-hybridized carbons (Fsp3) is 0.579. The molecule has 1 saturated heterocycles. The van der Waals surface area contributed by atoms with Crippen molar-refractivity contribution >= 4 is 21.7 Å². The first kappa shape index (κ1) is 18.9. The lowest BCUT2D eigenvalue weighted by atomic mass is 9.72. The van der Waals surface area contributed by atoms with Crippen LogP contribution < -0.4 is 0 Å². The average Bonchev–Trinajstić information content (AvgIpc) is 3.13. The van der Waals surface area contributed by atoms with E-state index >= 15 is 0 Å². The number of hydrogen-bond donors (Lipinski definition) is 1. The predicted molar refractivity (Wildman–Crippen MR) is 97.6 cm³/mol. The van der Waals surface area contributed by atoms with E-state index in [1.54, 1.807) is 17.0 Å². The molecular weight excluding hydrogens is 354 g/mol. The molecule has 1 aromatic rings. The van der Waals surface area contributed by atoms with Crippen LogP contribution in [0.3, 0.4) is 0 Å². The number of aliphatic carboxylic acids is 1. The third-order valence-electron chi connectivity index (χ3n) is 6.15. The minimum absolute atomic E-state index is 0.261. The molecule has 0 bridgehead atoms. The van der Waals surface area contributed by atoms with Crippen LogP contribution in [0.1, 0.15) is 44.1 Å². The first-order chi connectivity index (χ1) is 12.2. The minimum atomic E-state index is -3.52. The zero-order valence-corrected chi connectivity index (χ0v) is 15.8. The topological polar surface area (TPSA) is 91.8 Å². The Morgan fingerprint density at radius 1 is 1.00 bits per heavy atom. The highest BCUT2D eigenvalue weighted by atomic mass is 32.2. The second-order valence-corrected chi connectivity index (χ2v) is 9.84. The molecule has 142 valence electrons. The quantitative estimate of drug-likeness (QED) is 0.864. The van der Waals surface area contributed by atoms with Gasteiger partial charge in [0.2, 0.25) is 5.91 Å². The number of carboxylic acid groups (broad SMARTS) is 1. The van der Waals surface area contributed by atoms with Gasteiger partial charge in [-0.2, -0.15) is 0 Å². The van der Waals surface area contributed by atoms with Gasteiger partial charge in [-0.05, 0) is 31.2 Å². The molecule has 0 unspecified atom stereocenters. The van der Waals surface area contributed by atoms with Crippen LogP contribution in [-0.2, 0) is 24.8 Å². The van der Waals surface area contributed by atoms with Crippen LogP contribution in [0.4, 0.5) is 0 Å². The zero-order valence-electron chi connectivity index (χ0n) is 15.0. The van der Waals surface area contributed by atoms with Crippen molar-refractivity contribution in [1.82, 2.24) is 4.90 Å². The lowest BCUT2D eigenvalue weighted by Gasteiger charge is -2.42. The number of nitrogens with zero attached hydrogens (tertiary/aromatic N) is 1. The Morgan fingerprint density at radius 3 is 2.00 bits per heavy atom. The van der Waals surface area contributed by atoms with Crippen molar-refractivity contribution in [3.8, 4) is 0 Å². The molecule has 1 aliphatic carbocycles. The fourth-order valence-electron chi connectivity index (χ4n) is 4.45. The SMILES string of the molecule is CS(=O)(=O)C1(C(=O)N2CCC(C(=O)O)(c3ccccc3)CC2)CCCC1.